The molecular weight excluding hydrogens is 278 g/mol. The van der Waals surface area contributed by atoms with Crippen molar-refractivity contribution in [2.45, 2.75) is 33.3 Å². The minimum absolute atomic E-state index is 0.0790. The van der Waals surface area contributed by atoms with Crippen LogP contribution in [0.1, 0.15) is 43.0 Å². The quantitative estimate of drug-likeness (QED) is 0.749. The molecule has 0 bridgehead atoms. The fraction of sp³-hybridized carbons (Fsp3) is 0.333. The Kier molecular flexibility index (Phi) is 3.61. The van der Waals surface area contributed by atoms with Crippen LogP contribution in [0.2, 0.25) is 5.02 Å². The molecule has 5 heteroatoms. The third-order valence-electron chi connectivity index (χ3n) is 2.72. The number of hydrogen-bond acceptors (Lipinski definition) is 3. The highest BCUT2D eigenvalue weighted by Crippen LogP contribution is 2.31. The lowest BCUT2D eigenvalue weighted by atomic mass is 10.2. The van der Waals surface area contributed by atoms with Crippen LogP contribution in [-0.4, -0.2) is 22.0 Å². The molecule has 1 heterocycles. The van der Waals surface area contributed by atoms with Crippen molar-refractivity contribution in [3.8, 4) is 0 Å². The number of carbonyl (C=O) groups is 2. The van der Waals surface area contributed by atoms with Gasteiger partial charge >= 0.3 is 5.97 Å². The largest absolute Gasteiger partial charge is 0.455 e. The summed E-state index contributed by atoms with van der Waals surface area (Å²) in [7, 11) is 0. The SMILES string of the molecule is CC(=O)n1c(C(=O)OC(C)(C)C)c(Cl)c2ccccc21. The van der Waals surface area contributed by atoms with E-state index in [1.807, 2.05) is 0 Å². The van der Waals surface area contributed by atoms with Gasteiger partial charge < -0.3 is 4.74 Å². The smallest absolute Gasteiger partial charge is 0.357 e. The van der Waals surface area contributed by atoms with Crippen LogP contribution in [0.25, 0.3) is 10.9 Å². The van der Waals surface area contributed by atoms with E-state index in [2.05, 4.69) is 0 Å². The molecule has 2 rings (SSSR count). The number of ether oxygens (including phenoxy) is 1. The molecule has 0 fully saturated rings. The van der Waals surface area contributed by atoms with Gasteiger partial charge in [0.1, 0.15) is 5.60 Å². The molecule has 0 atom stereocenters. The molecular formula is C15H16ClNO3. The molecule has 0 N–H and O–H groups in total. The summed E-state index contributed by atoms with van der Waals surface area (Å²) in [6.07, 6.45) is 0. The predicted octanol–water partition coefficient (Wildman–Crippen LogP) is 3.91. The molecule has 0 aliphatic heterocycles. The Balaban J connectivity index is 2.69. The minimum Gasteiger partial charge on any atom is -0.455 e. The van der Waals surface area contributed by atoms with E-state index >= 15 is 0 Å². The second-order valence-corrected chi connectivity index (χ2v) is 5.91. The van der Waals surface area contributed by atoms with Crippen LogP contribution in [-0.2, 0) is 4.74 Å². The van der Waals surface area contributed by atoms with Gasteiger partial charge in [0.05, 0.1) is 10.5 Å². The number of esters is 1. The first-order valence-electron chi connectivity index (χ1n) is 6.25. The van der Waals surface area contributed by atoms with E-state index in [0.717, 1.165) is 0 Å². The van der Waals surface area contributed by atoms with E-state index in [4.69, 9.17) is 16.3 Å². The number of hydrogen-bond donors (Lipinski definition) is 0. The molecule has 0 saturated heterocycles. The molecule has 0 aliphatic rings. The first kappa shape index (κ1) is 14.6. The van der Waals surface area contributed by atoms with Gasteiger partial charge in [0.25, 0.3) is 0 Å². The van der Waals surface area contributed by atoms with Crippen molar-refractivity contribution in [1.29, 1.82) is 0 Å². The standard InChI is InChI=1S/C15H16ClNO3/c1-9(18)17-11-8-6-5-7-10(11)12(16)13(17)14(19)20-15(2,3)4/h5-8H,1-4H3. The highest BCUT2D eigenvalue weighted by atomic mass is 35.5. The number of para-hydroxylation sites is 1. The van der Waals surface area contributed by atoms with Crippen LogP contribution in [0.4, 0.5) is 0 Å². The summed E-state index contributed by atoms with van der Waals surface area (Å²) in [6.45, 7) is 6.68. The Hall–Kier alpha value is -1.81. The molecule has 20 heavy (non-hydrogen) atoms. The number of halogens is 1. The molecule has 0 amide bonds. The van der Waals surface area contributed by atoms with Crippen LogP contribution in [0.5, 0.6) is 0 Å². The lowest BCUT2D eigenvalue weighted by Crippen LogP contribution is -2.26. The fourth-order valence-electron chi connectivity index (χ4n) is 2.03. The van der Waals surface area contributed by atoms with Gasteiger partial charge in [-0.2, -0.15) is 0 Å². The van der Waals surface area contributed by atoms with Crippen molar-refractivity contribution >= 4 is 34.4 Å². The molecule has 0 saturated carbocycles. The van der Waals surface area contributed by atoms with Crippen molar-refractivity contribution < 1.29 is 14.3 Å². The molecule has 0 aliphatic carbocycles. The zero-order chi connectivity index (χ0) is 15.1. The van der Waals surface area contributed by atoms with Crippen LogP contribution in [0.3, 0.4) is 0 Å². The van der Waals surface area contributed by atoms with E-state index < -0.39 is 11.6 Å². The minimum atomic E-state index is -0.654. The number of carbonyl (C=O) groups excluding carboxylic acids is 2. The van der Waals surface area contributed by atoms with Crippen molar-refractivity contribution in [2.75, 3.05) is 0 Å². The van der Waals surface area contributed by atoms with Gasteiger partial charge in [-0.3, -0.25) is 9.36 Å². The van der Waals surface area contributed by atoms with Crippen molar-refractivity contribution in [3.05, 3.63) is 35.0 Å². The van der Waals surface area contributed by atoms with Gasteiger partial charge in [-0.05, 0) is 26.8 Å². The number of benzene rings is 1. The van der Waals surface area contributed by atoms with Gasteiger partial charge in [0.2, 0.25) is 5.91 Å². The molecule has 1 aromatic carbocycles. The third kappa shape index (κ3) is 2.56. The normalized spacial score (nSPS) is 11.7. The van der Waals surface area contributed by atoms with E-state index in [-0.39, 0.29) is 16.6 Å². The second-order valence-electron chi connectivity index (χ2n) is 5.54. The Bertz CT molecular complexity index is 695. The summed E-state index contributed by atoms with van der Waals surface area (Å²) in [4.78, 5) is 24.2. The Morgan fingerprint density at radius 3 is 2.35 bits per heavy atom. The average Bonchev–Trinajstić information content (AvgIpc) is 2.61. The summed E-state index contributed by atoms with van der Waals surface area (Å²) < 4.78 is 6.63. The van der Waals surface area contributed by atoms with Gasteiger partial charge in [-0.15, -0.1) is 0 Å². The molecule has 0 radical (unpaired) electrons. The number of nitrogens with zero attached hydrogens (tertiary/aromatic N) is 1. The molecule has 106 valence electrons. The van der Waals surface area contributed by atoms with Gasteiger partial charge in [0.15, 0.2) is 5.69 Å². The van der Waals surface area contributed by atoms with E-state index in [1.165, 1.54) is 11.5 Å². The maximum atomic E-state index is 12.3. The van der Waals surface area contributed by atoms with Crippen LogP contribution >= 0.6 is 11.6 Å². The predicted molar refractivity (Wildman–Crippen MR) is 78.4 cm³/mol. The fourth-order valence-corrected chi connectivity index (χ4v) is 2.36. The molecule has 4 nitrogen and oxygen atoms in total. The molecule has 1 aromatic heterocycles. The summed E-state index contributed by atoms with van der Waals surface area (Å²) in [6, 6.07) is 7.11. The highest BCUT2D eigenvalue weighted by Gasteiger charge is 2.27. The van der Waals surface area contributed by atoms with Gasteiger partial charge in [-0.1, -0.05) is 29.8 Å². The topological polar surface area (TPSA) is 48.3 Å². The third-order valence-corrected chi connectivity index (χ3v) is 3.10. The number of fused-ring (bicyclic) bond motifs is 1. The molecule has 0 unspecified atom stereocenters. The zero-order valence-electron chi connectivity index (χ0n) is 11.9. The Morgan fingerprint density at radius 1 is 1.20 bits per heavy atom. The van der Waals surface area contributed by atoms with E-state index in [0.29, 0.717) is 10.9 Å². The Labute approximate surface area is 122 Å². The maximum Gasteiger partial charge on any atom is 0.357 e. The van der Waals surface area contributed by atoms with Gasteiger partial charge in [0, 0.05) is 12.3 Å². The monoisotopic (exact) mass is 293 g/mol. The lowest BCUT2D eigenvalue weighted by molar-refractivity contribution is 0.00579. The molecule has 0 spiro atoms. The average molecular weight is 294 g/mol. The second kappa shape index (κ2) is 4.94. The summed E-state index contributed by atoms with van der Waals surface area (Å²) in [5.74, 6) is -0.886. The van der Waals surface area contributed by atoms with Crippen LogP contribution < -0.4 is 0 Å². The first-order valence-corrected chi connectivity index (χ1v) is 6.63. The van der Waals surface area contributed by atoms with Crippen LogP contribution in [0, 0.1) is 0 Å². The Morgan fingerprint density at radius 2 is 1.80 bits per heavy atom. The van der Waals surface area contributed by atoms with Crippen molar-refractivity contribution in [3.63, 3.8) is 0 Å². The highest BCUT2D eigenvalue weighted by molar-refractivity contribution is 6.39. The molecule has 2 aromatic rings. The van der Waals surface area contributed by atoms with E-state index in [1.54, 1.807) is 45.0 Å². The summed E-state index contributed by atoms with van der Waals surface area (Å²) >= 11 is 6.26. The maximum absolute atomic E-state index is 12.3. The van der Waals surface area contributed by atoms with Crippen molar-refractivity contribution in [2.24, 2.45) is 0 Å². The first-order chi connectivity index (χ1) is 9.22. The summed E-state index contributed by atoms with van der Waals surface area (Å²) in [5.41, 5.74) is 0.0273. The lowest BCUT2D eigenvalue weighted by Gasteiger charge is -2.20. The van der Waals surface area contributed by atoms with Crippen molar-refractivity contribution in [1.82, 2.24) is 4.57 Å². The van der Waals surface area contributed by atoms with Gasteiger partial charge in [-0.25, -0.2) is 4.79 Å². The number of rotatable bonds is 1. The number of aromatic nitrogens is 1. The van der Waals surface area contributed by atoms with Crippen LogP contribution in [0.15, 0.2) is 24.3 Å². The van der Waals surface area contributed by atoms with E-state index in [9.17, 15) is 9.59 Å². The summed E-state index contributed by atoms with van der Waals surface area (Å²) in [5, 5.41) is 0.898. The zero-order valence-corrected chi connectivity index (χ0v) is 12.6.